The van der Waals surface area contributed by atoms with E-state index in [1.165, 1.54) is 19.1 Å². The second-order valence-electron chi connectivity index (χ2n) is 6.72. The van der Waals surface area contributed by atoms with Crippen LogP contribution in [0.3, 0.4) is 0 Å². The highest BCUT2D eigenvalue weighted by Gasteiger charge is 2.25. The van der Waals surface area contributed by atoms with E-state index in [0.717, 1.165) is 11.3 Å². The highest BCUT2D eigenvalue weighted by Crippen LogP contribution is 2.28. The van der Waals surface area contributed by atoms with Crippen molar-refractivity contribution in [1.82, 2.24) is 15.0 Å². The summed E-state index contributed by atoms with van der Waals surface area (Å²) in [6.45, 7) is 3.17. The molecule has 3 heterocycles. The first-order chi connectivity index (χ1) is 14.8. The molecule has 0 aliphatic carbocycles. The van der Waals surface area contributed by atoms with E-state index in [4.69, 9.17) is 9.26 Å². The number of hydrogen-bond donors (Lipinski definition) is 1. The van der Waals surface area contributed by atoms with Crippen molar-refractivity contribution in [2.75, 3.05) is 31.0 Å². The van der Waals surface area contributed by atoms with Crippen molar-refractivity contribution >= 4 is 38.7 Å². The molecule has 162 valence electrons. The van der Waals surface area contributed by atoms with Crippen LogP contribution in [0.4, 0.5) is 5.69 Å². The fraction of sp³-hybridized carbons (Fsp3) is 0.263. The molecule has 10 nitrogen and oxygen atoms in total. The van der Waals surface area contributed by atoms with E-state index in [-0.39, 0.29) is 27.4 Å². The van der Waals surface area contributed by atoms with E-state index in [2.05, 4.69) is 14.9 Å². The summed E-state index contributed by atoms with van der Waals surface area (Å²) < 4.78 is 38.2. The van der Waals surface area contributed by atoms with Crippen LogP contribution in [0.15, 0.2) is 44.4 Å². The number of hydrogen-bond acceptors (Lipinski definition) is 9. The van der Waals surface area contributed by atoms with Crippen LogP contribution in [0.2, 0.25) is 0 Å². The average Bonchev–Trinajstić information content (AvgIpc) is 3.44. The second kappa shape index (κ2) is 8.57. The summed E-state index contributed by atoms with van der Waals surface area (Å²) >= 11 is 0.976. The Morgan fingerprint density at radius 2 is 1.97 bits per heavy atom. The number of carbonyl (C=O) groups is 2. The molecule has 12 heteroatoms. The largest absolute Gasteiger partial charge is 0.378 e. The highest BCUT2D eigenvalue weighted by atomic mass is 32.2. The third-order valence-corrected chi connectivity index (χ3v) is 7.35. The normalized spacial score (nSPS) is 14.4. The number of thiophene rings is 1. The van der Waals surface area contributed by atoms with Crippen molar-refractivity contribution in [3.8, 4) is 11.4 Å². The molecule has 31 heavy (non-hydrogen) atoms. The molecule has 0 saturated carbocycles. The Morgan fingerprint density at radius 1 is 1.19 bits per heavy atom. The van der Waals surface area contributed by atoms with Crippen LogP contribution in [-0.4, -0.2) is 61.5 Å². The predicted octanol–water partition coefficient (Wildman–Crippen LogP) is 2.27. The van der Waals surface area contributed by atoms with Crippen LogP contribution in [0.1, 0.15) is 28.0 Å². The number of sulfonamides is 1. The van der Waals surface area contributed by atoms with Gasteiger partial charge >= 0.3 is 11.8 Å². The fourth-order valence-electron chi connectivity index (χ4n) is 2.91. The van der Waals surface area contributed by atoms with E-state index in [0.29, 0.717) is 37.4 Å². The molecule has 1 aliphatic rings. The van der Waals surface area contributed by atoms with Gasteiger partial charge in [0, 0.05) is 35.3 Å². The number of benzene rings is 1. The molecule has 0 radical (unpaired) electrons. The summed E-state index contributed by atoms with van der Waals surface area (Å²) in [5.74, 6) is -0.601. The molecule has 0 atom stereocenters. The smallest absolute Gasteiger partial charge is 0.316 e. The number of amides is 1. The first kappa shape index (κ1) is 21.2. The Morgan fingerprint density at radius 3 is 2.71 bits per heavy atom. The lowest BCUT2D eigenvalue weighted by Crippen LogP contribution is -2.40. The zero-order valence-corrected chi connectivity index (χ0v) is 18.0. The topological polar surface area (TPSA) is 132 Å². The number of morpholine rings is 1. The standard InChI is InChI=1S/C19H18N4O6S2/c1-12(24)13-3-2-4-15(9-13)22-31(26,27)16-10-14(11-30-16)17-20-18(29-21-17)19(25)23-5-7-28-8-6-23/h2-4,9-11,22H,5-8H2,1H3. The Hall–Kier alpha value is -3.09. The van der Waals surface area contributed by atoms with Crippen LogP contribution in [0.5, 0.6) is 0 Å². The molecule has 2 aromatic heterocycles. The van der Waals surface area contributed by atoms with Gasteiger partial charge in [0.15, 0.2) is 5.78 Å². The van der Waals surface area contributed by atoms with Crippen molar-refractivity contribution in [1.29, 1.82) is 0 Å². The van der Waals surface area contributed by atoms with Gasteiger partial charge < -0.3 is 14.2 Å². The summed E-state index contributed by atoms with van der Waals surface area (Å²) in [5, 5.41) is 5.37. The second-order valence-corrected chi connectivity index (χ2v) is 9.55. The molecule has 1 saturated heterocycles. The minimum Gasteiger partial charge on any atom is -0.378 e. The number of nitrogens with one attached hydrogen (secondary N) is 1. The molecule has 0 spiro atoms. The van der Waals surface area contributed by atoms with Crippen molar-refractivity contribution in [3.63, 3.8) is 0 Å². The van der Waals surface area contributed by atoms with E-state index >= 15 is 0 Å². The summed E-state index contributed by atoms with van der Waals surface area (Å²) in [5.41, 5.74) is 1.09. The van der Waals surface area contributed by atoms with Crippen molar-refractivity contribution in [2.24, 2.45) is 0 Å². The maximum Gasteiger partial charge on any atom is 0.316 e. The minimum absolute atomic E-state index is 0.0292. The van der Waals surface area contributed by atoms with Crippen LogP contribution in [0.25, 0.3) is 11.4 Å². The number of ketones is 1. The van der Waals surface area contributed by atoms with Gasteiger partial charge in [-0.1, -0.05) is 17.3 Å². The molecule has 1 fully saturated rings. The molecular formula is C19H18N4O6S2. The number of ether oxygens (including phenoxy) is 1. The molecule has 3 aromatic rings. The maximum atomic E-state index is 12.7. The lowest BCUT2D eigenvalue weighted by atomic mass is 10.1. The lowest BCUT2D eigenvalue weighted by Gasteiger charge is -2.25. The maximum absolute atomic E-state index is 12.7. The van der Waals surface area contributed by atoms with Crippen LogP contribution >= 0.6 is 11.3 Å². The van der Waals surface area contributed by atoms with Gasteiger partial charge in [0.2, 0.25) is 5.82 Å². The summed E-state index contributed by atoms with van der Waals surface area (Å²) in [7, 11) is -3.89. The molecule has 0 bridgehead atoms. The first-order valence-electron chi connectivity index (χ1n) is 9.27. The number of anilines is 1. The quantitative estimate of drug-likeness (QED) is 0.552. The lowest BCUT2D eigenvalue weighted by molar-refractivity contribution is 0.0272. The van der Waals surface area contributed by atoms with Crippen molar-refractivity contribution < 1.29 is 27.3 Å². The third kappa shape index (κ3) is 4.65. The number of rotatable bonds is 6. The van der Waals surface area contributed by atoms with Gasteiger partial charge in [-0.05, 0) is 25.1 Å². The fourth-order valence-corrected chi connectivity index (χ4v) is 5.12. The first-order valence-corrected chi connectivity index (χ1v) is 11.6. The predicted molar refractivity (Wildman–Crippen MR) is 112 cm³/mol. The van der Waals surface area contributed by atoms with E-state index in [9.17, 15) is 18.0 Å². The zero-order valence-electron chi connectivity index (χ0n) is 16.4. The molecule has 1 amide bonds. The van der Waals surface area contributed by atoms with Crippen LogP contribution in [0, 0.1) is 0 Å². The van der Waals surface area contributed by atoms with Gasteiger partial charge in [0.25, 0.3) is 10.0 Å². The monoisotopic (exact) mass is 462 g/mol. The van der Waals surface area contributed by atoms with Gasteiger partial charge in [0.05, 0.1) is 13.2 Å². The van der Waals surface area contributed by atoms with Gasteiger partial charge in [-0.15, -0.1) is 11.3 Å². The van der Waals surface area contributed by atoms with Gasteiger partial charge in [-0.25, -0.2) is 8.42 Å². The molecule has 0 unspecified atom stereocenters. The number of Topliss-reactive ketones (excluding diaryl/α,β-unsaturated/α-hetero) is 1. The van der Waals surface area contributed by atoms with Gasteiger partial charge in [-0.2, -0.15) is 4.98 Å². The summed E-state index contributed by atoms with van der Waals surface area (Å²) in [4.78, 5) is 29.6. The Bertz CT molecular complexity index is 1230. The van der Waals surface area contributed by atoms with Crippen LogP contribution < -0.4 is 4.72 Å². The average molecular weight is 463 g/mol. The Balaban J connectivity index is 1.51. The molecule has 1 aromatic carbocycles. The van der Waals surface area contributed by atoms with E-state index in [1.807, 2.05) is 0 Å². The zero-order chi connectivity index (χ0) is 22.0. The molecule has 1 aliphatic heterocycles. The third-order valence-electron chi connectivity index (χ3n) is 4.53. The SMILES string of the molecule is CC(=O)c1cccc(NS(=O)(=O)c2cc(-c3noc(C(=O)N4CCOCC4)n3)cs2)c1. The summed E-state index contributed by atoms with van der Waals surface area (Å²) in [6.07, 6.45) is 0. The number of aromatic nitrogens is 2. The highest BCUT2D eigenvalue weighted by molar-refractivity contribution is 7.94. The molecule has 1 N–H and O–H groups in total. The minimum atomic E-state index is -3.89. The number of nitrogens with zero attached hydrogens (tertiary/aromatic N) is 3. The van der Waals surface area contributed by atoms with E-state index in [1.54, 1.807) is 28.5 Å². The van der Waals surface area contributed by atoms with Crippen LogP contribution in [-0.2, 0) is 14.8 Å². The van der Waals surface area contributed by atoms with Gasteiger partial charge in [0.1, 0.15) is 4.21 Å². The Kier molecular flexibility index (Phi) is 5.85. The van der Waals surface area contributed by atoms with E-state index < -0.39 is 15.9 Å². The summed E-state index contributed by atoms with van der Waals surface area (Å²) in [6, 6.07) is 7.63. The van der Waals surface area contributed by atoms with Crippen molar-refractivity contribution in [2.45, 2.75) is 11.1 Å². The number of carbonyl (C=O) groups excluding carboxylic acids is 2. The molecular weight excluding hydrogens is 444 g/mol. The van der Waals surface area contributed by atoms with Gasteiger partial charge in [-0.3, -0.25) is 14.3 Å². The molecule has 4 rings (SSSR count). The van der Waals surface area contributed by atoms with Crippen molar-refractivity contribution in [3.05, 3.63) is 47.2 Å². The Labute approximate surface area is 181 Å².